The Balaban J connectivity index is 2.43. The van der Waals surface area contributed by atoms with Gasteiger partial charge in [-0.3, -0.25) is 4.79 Å². The molecule has 4 heteroatoms. The summed E-state index contributed by atoms with van der Waals surface area (Å²) in [5.74, 6) is 0.857. The number of hydrogen-bond acceptors (Lipinski definition) is 4. The lowest BCUT2D eigenvalue weighted by molar-refractivity contribution is -0.150. The van der Waals surface area contributed by atoms with Gasteiger partial charge in [0, 0.05) is 4.90 Å². The van der Waals surface area contributed by atoms with Crippen molar-refractivity contribution in [2.75, 3.05) is 18.9 Å². The van der Waals surface area contributed by atoms with E-state index in [4.69, 9.17) is 4.74 Å². The maximum absolute atomic E-state index is 12.1. The summed E-state index contributed by atoms with van der Waals surface area (Å²) >= 11 is 1.83. The number of esters is 1. The standard InChI is InChI=1S/C17H27NO2S/c1-5-18-17(4,16(19)20-6-2)12-7-13-21-15-10-8-14(3)9-11-15/h8-11,18H,5-7,12-13H2,1-4H3. The van der Waals surface area contributed by atoms with Gasteiger partial charge >= 0.3 is 5.97 Å². The molecule has 0 saturated heterocycles. The summed E-state index contributed by atoms with van der Waals surface area (Å²) < 4.78 is 5.18. The molecule has 1 rings (SSSR count). The van der Waals surface area contributed by atoms with Crippen molar-refractivity contribution in [2.45, 2.75) is 51.0 Å². The van der Waals surface area contributed by atoms with Crippen molar-refractivity contribution in [3.05, 3.63) is 29.8 Å². The third-order valence-electron chi connectivity index (χ3n) is 3.40. The van der Waals surface area contributed by atoms with Gasteiger partial charge in [-0.05, 0) is 58.0 Å². The van der Waals surface area contributed by atoms with Crippen molar-refractivity contribution in [1.29, 1.82) is 0 Å². The molecule has 0 heterocycles. The average molecular weight is 309 g/mol. The Morgan fingerprint density at radius 1 is 1.29 bits per heavy atom. The average Bonchev–Trinajstić information content (AvgIpc) is 2.46. The summed E-state index contributed by atoms with van der Waals surface area (Å²) in [6.45, 7) is 9.08. The molecule has 3 nitrogen and oxygen atoms in total. The second kappa shape index (κ2) is 9.11. The Bertz CT molecular complexity index is 433. The third kappa shape index (κ3) is 6.10. The van der Waals surface area contributed by atoms with E-state index < -0.39 is 5.54 Å². The van der Waals surface area contributed by atoms with Crippen molar-refractivity contribution < 1.29 is 9.53 Å². The third-order valence-corrected chi connectivity index (χ3v) is 4.50. The molecule has 0 aromatic heterocycles. The second-order valence-electron chi connectivity index (χ2n) is 5.35. The van der Waals surface area contributed by atoms with Crippen LogP contribution in [-0.2, 0) is 9.53 Å². The van der Waals surface area contributed by atoms with Gasteiger partial charge in [-0.25, -0.2) is 0 Å². The van der Waals surface area contributed by atoms with Crippen LogP contribution >= 0.6 is 11.8 Å². The van der Waals surface area contributed by atoms with Crippen LogP contribution in [0.4, 0.5) is 0 Å². The molecule has 1 N–H and O–H groups in total. The van der Waals surface area contributed by atoms with Crippen LogP contribution in [-0.4, -0.2) is 30.4 Å². The van der Waals surface area contributed by atoms with Gasteiger partial charge < -0.3 is 10.1 Å². The zero-order chi connectivity index (χ0) is 15.7. The first kappa shape index (κ1) is 18.1. The van der Waals surface area contributed by atoms with Crippen LogP contribution < -0.4 is 5.32 Å². The smallest absolute Gasteiger partial charge is 0.326 e. The highest BCUT2D eigenvalue weighted by atomic mass is 32.2. The molecule has 0 spiro atoms. The van der Waals surface area contributed by atoms with Crippen molar-refractivity contribution in [3.8, 4) is 0 Å². The summed E-state index contributed by atoms with van der Waals surface area (Å²) in [6.07, 6.45) is 1.76. The normalized spacial score (nSPS) is 13.7. The quantitative estimate of drug-likeness (QED) is 0.428. The zero-order valence-corrected chi connectivity index (χ0v) is 14.4. The van der Waals surface area contributed by atoms with Gasteiger partial charge in [0.25, 0.3) is 0 Å². The summed E-state index contributed by atoms with van der Waals surface area (Å²) in [5.41, 5.74) is 0.708. The topological polar surface area (TPSA) is 38.3 Å². The highest BCUT2D eigenvalue weighted by Gasteiger charge is 2.32. The van der Waals surface area contributed by atoms with Gasteiger partial charge in [0.05, 0.1) is 6.61 Å². The number of carbonyl (C=O) groups is 1. The Morgan fingerprint density at radius 3 is 2.52 bits per heavy atom. The number of likely N-dealkylation sites (N-methyl/N-ethyl adjacent to an activating group) is 1. The lowest BCUT2D eigenvalue weighted by Crippen LogP contribution is -2.50. The Morgan fingerprint density at radius 2 is 1.95 bits per heavy atom. The summed E-state index contributed by atoms with van der Waals surface area (Å²) in [7, 11) is 0. The van der Waals surface area contributed by atoms with Crippen LogP contribution in [0.3, 0.4) is 0 Å². The second-order valence-corrected chi connectivity index (χ2v) is 6.52. The first-order chi connectivity index (χ1) is 10.0. The molecule has 0 fully saturated rings. The highest BCUT2D eigenvalue weighted by Crippen LogP contribution is 2.22. The summed E-state index contributed by atoms with van der Waals surface area (Å²) in [4.78, 5) is 13.3. The van der Waals surface area contributed by atoms with Crippen LogP contribution in [0.2, 0.25) is 0 Å². The minimum atomic E-state index is -0.571. The largest absolute Gasteiger partial charge is 0.465 e. The van der Waals surface area contributed by atoms with Gasteiger partial charge in [0.2, 0.25) is 0 Å². The van der Waals surface area contributed by atoms with Crippen LogP contribution in [0.25, 0.3) is 0 Å². The molecular weight excluding hydrogens is 282 g/mol. The molecule has 1 aromatic carbocycles. The minimum Gasteiger partial charge on any atom is -0.465 e. The van der Waals surface area contributed by atoms with Crippen LogP contribution in [0.15, 0.2) is 29.2 Å². The predicted molar refractivity (Wildman–Crippen MR) is 89.9 cm³/mol. The molecule has 1 unspecified atom stereocenters. The maximum atomic E-state index is 12.1. The molecular formula is C17H27NO2S. The number of ether oxygens (including phenoxy) is 1. The lowest BCUT2D eigenvalue weighted by Gasteiger charge is -2.28. The molecule has 0 saturated carbocycles. The van der Waals surface area contributed by atoms with Crippen molar-refractivity contribution >= 4 is 17.7 Å². The fourth-order valence-electron chi connectivity index (χ4n) is 2.19. The fourth-order valence-corrected chi connectivity index (χ4v) is 3.05. The molecule has 21 heavy (non-hydrogen) atoms. The van der Waals surface area contributed by atoms with Crippen molar-refractivity contribution in [2.24, 2.45) is 0 Å². The number of benzene rings is 1. The van der Waals surface area contributed by atoms with E-state index in [-0.39, 0.29) is 5.97 Å². The maximum Gasteiger partial charge on any atom is 0.326 e. The minimum absolute atomic E-state index is 0.146. The van der Waals surface area contributed by atoms with Gasteiger partial charge in [-0.15, -0.1) is 11.8 Å². The van der Waals surface area contributed by atoms with E-state index >= 15 is 0 Å². The van der Waals surface area contributed by atoms with E-state index in [0.717, 1.165) is 25.1 Å². The number of hydrogen-bond donors (Lipinski definition) is 1. The van der Waals surface area contributed by atoms with Crippen molar-refractivity contribution in [1.82, 2.24) is 5.32 Å². The summed E-state index contributed by atoms with van der Waals surface area (Å²) in [5, 5.41) is 3.27. The Kier molecular flexibility index (Phi) is 7.83. The number of nitrogens with one attached hydrogen (secondary N) is 1. The molecule has 0 bridgehead atoms. The Hall–Kier alpha value is -1.00. The number of aryl methyl sites for hydroxylation is 1. The monoisotopic (exact) mass is 309 g/mol. The number of carbonyl (C=O) groups excluding carboxylic acids is 1. The van der Waals surface area contributed by atoms with Crippen LogP contribution in [0, 0.1) is 6.92 Å². The van der Waals surface area contributed by atoms with E-state index in [0.29, 0.717) is 6.61 Å². The zero-order valence-electron chi connectivity index (χ0n) is 13.6. The van der Waals surface area contributed by atoms with Gasteiger partial charge in [0.1, 0.15) is 5.54 Å². The molecule has 1 aromatic rings. The number of thioether (sulfide) groups is 1. The van der Waals surface area contributed by atoms with Gasteiger partial charge in [-0.1, -0.05) is 24.6 Å². The van der Waals surface area contributed by atoms with Gasteiger partial charge in [0.15, 0.2) is 0 Å². The van der Waals surface area contributed by atoms with E-state index in [9.17, 15) is 4.79 Å². The molecule has 1 atom stereocenters. The molecule has 0 amide bonds. The molecule has 0 aliphatic carbocycles. The first-order valence-electron chi connectivity index (χ1n) is 7.63. The van der Waals surface area contributed by atoms with Crippen LogP contribution in [0.5, 0.6) is 0 Å². The first-order valence-corrected chi connectivity index (χ1v) is 8.62. The highest BCUT2D eigenvalue weighted by molar-refractivity contribution is 7.99. The molecule has 0 radical (unpaired) electrons. The predicted octanol–water partition coefficient (Wildman–Crippen LogP) is 3.80. The fraction of sp³-hybridized carbons (Fsp3) is 0.588. The molecule has 118 valence electrons. The van der Waals surface area contributed by atoms with Crippen molar-refractivity contribution in [3.63, 3.8) is 0 Å². The van der Waals surface area contributed by atoms with Crippen LogP contribution in [0.1, 0.15) is 39.2 Å². The van der Waals surface area contributed by atoms with E-state index in [1.165, 1.54) is 10.5 Å². The van der Waals surface area contributed by atoms with E-state index in [1.807, 2.05) is 32.5 Å². The Labute approximate surface area is 132 Å². The van der Waals surface area contributed by atoms with E-state index in [2.05, 4.69) is 36.5 Å². The summed E-state index contributed by atoms with van der Waals surface area (Å²) in [6, 6.07) is 8.55. The molecule has 0 aliphatic heterocycles. The van der Waals surface area contributed by atoms with E-state index in [1.54, 1.807) is 0 Å². The lowest BCUT2D eigenvalue weighted by atomic mass is 9.96. The SMILES string of the molecule is CCNC(C)(CCCSc1ccc(C)cc1)C(=O)OCC. The van der Waals surface area contributed by atoms with Gasteiger partial charge in [-0.2, -0.15) is 0 Å². The number of rotatable bonds is 9. The molecule has 0 aliphatic rings.